The monoisotopic (exact) mass is 396 g/mol. The minimum atomic E-state index is -0.173. The maximum Gasteiger partial charge on any atom is 0.315 e. The Morgan fingerprint density at radius 2 is 1.50 bits per heavy atom. The molecule has 20 heavy (non-hydrogen) atoms. The van der Waals surface area contributed by atoms with Gasteiger partial charge in [-0.3, -0.25) is 0 Å². The van der Waals surface area contributed by atoms with Gasteiger partial charge in [0.15, 0.2) is 0 Å². The Morgan fingerprint density at radius 3 is 2.15 bits per heavy atom. The summed E-state index contributed by atoms with van der Waals surface area (Å²) in [7, 11) is 0. The van der Waals surface area contributed by atoms with Crippen molar-refractivity contribution < 1.29 is 4.79 Å². The Morgan fingerprint density at radius 1 is 0.850 bits per heavy atom. The van der Waals surface area contributed by atoms with Crippen LogP contribution in [0.3, 0.4) is 0 Å². The van der Waals surface area contributed by atoms with E-state index < -0.39 is 0 Å². The predicted molar refractivity (Wildman–Crippen MR) is 87.4 cm³/mol. The number of nitrogens with one attached hydrogen (secondary N) is 2. The Balaban J connectivity index is 1.77. The van der Waals surface area contributed by atoms with E-state index in [1.54, 1.807) is 0 Å². The fourth-order valence-corrected chi connectivity index (χ4v) is 2.39. The second-order valence-corrected chi connectivity index (χ2v) is 6.12. The van der Waals surface area contributed by atoms with Gasteiger partial charge in [0.2, 0.25) is 0 Å². The van der Waals surface area contributed by atoms with Crippen LogP contribution in [0.5, 0.6) is 0 Å². The summed E-state index contributed by atoms with van der Waals surface area (Å²) >= 11 is 6.78. The van der Waals surface area contributed by atoms with Crippen LogP contribution in [-0.4, -0.2) is 6.03 Å². The lowest BCUT2D eigenvalue weighted by Gasteiger charge is -2.08. The smallest absolute Gasteiger partial charge is 0.315 e. The van der Waals surface area contributed by atoms with E-state index in [0.29, 0.717) is 13.1 Å². The molecule has 0 unspecified atom stereocenters. The summed E-state index contributed by atoms with van der Waals surface area (Å²) in [5.74, 6) is 0. The maximum absolute atomic E-state index is 11.7. The van der Waals surface area contributed by atoms with Crippen molar-refractivity contribution >= 4 is 37.9 Å². The molecule has 3 nitrogen and oxygen atoms in total. The predicted octanol–water partition coefficient (Wildman–Crippen LogP) is 4.21. The van der Waals surface area contributed by atoms with E-state index >= 15 is 0 Å². The van der Waals surface area contributed by atoms with Crippen LogP contribution in [0.25, 0.3) is 0 Å². The fraction of sp³-hybridized carbons (Fsp3) is 0.133. The highest BCUT2D eigenvalue weighted by atomic mass is 79.9. The van der Waals surface area contributed by atoms with Crippen LogP contribution < -0.4 is 10.6 Å². The van der Waals surface area contributed by atoms with Crippen molar-refractivity contribution in [2.24, 2.45) is 0 Å². The van der Waals surface area contributed by atoms with E-state index in [2.05, 4.69) is 42.5 Å². The lowest BCUT2D eigenvalue weighted by molar-refractivity contribution is 0.240. The van der Waals surface area contributed by atoms with Crippen molar-refractivity contribution in [2.45, 2.75) is 13.1 Å². The van der Waals surface area contributed by atoms with Gasteiger partial charge in [-0.05, 0) is 35.4 Å². The van der Waals surface area contributed by atoms with Gasteiger partial charge < -0.3 is 10.6 Å². The summed E-state index contributed by atoms with van der Waals surface area (Å²) in [6.07, 6.45) is 0. The van der Waals surface area contributed by atoms with Gasteiger partial charge >= 0.3 is 6.03 Å². The van der Waals surface area contributed by atoms with E-state index in [4.69, 9.17) is 0 Å². The standard InChI is InChI=1S/C15H14Br2N2O/c16-13-6-4-11(5-7-13)9-18-15(20)19-10-12-2-1-3-14(17)8-12/h1-8H,9-10H2,(H2,18,19,20). The summed E-state index contributed by atoms with van der Waals surface area (Å²) in [6, 6.07) is 15.5. The second-order valence-electron chi connectivity index (χ2n) is 4.29. The summed E-state index contributed by atoms with van der Waals surface area (Å²) in [5.41, 5.74) is 2.11. The molecule has 0 aliphatic rings. The van der Waals surface area contributed by atoms with Crippen LogP contribution in [0.2, 0.25) is 0 Å². The summed E-state index contributed by atoms with van der Waals surface area (Å²) in [4.78, 5) is 11.7. The zero-order valence-corrected chi connectivity index (χ0v) is 13.9. The number of carbonyl (C=O) groups is 1. The van der Waals surface area contributed by atoms with Gasteiger partial charge in [0.1, 0.15) is 0 Å². The fourth-order valence-electron chi connectivity index (χ4n) is 1.68. The second kappa shape index (κ2) is 7.45. The molecule has 0 atom stereocenters. The number of halogens is 2. The number of benzene rings is 2. The minimum absolute atomic E-state index is 0.173. The van der Waals surface area contributed by atoms with Crippen molar-refractivity contribution in [3.8, 4) is 0 Å². The van der Waals surface area contributed by atoms with Gasteiger partial charge in [-0.1, -0.05) is 56.1 Å². The first-order valence-corrected chi connectivity index (χ1v) is 7.73. The molecule has 2 aromatic rings. The number of urea groups is 1. The Hall–Kier alpha value is -1.33. The topological polar surface area (TPSA) is 41.1 Å². The third kappa shape index (κ3) is 4.98. The molecule has 0 radical (unpaired) electrons. The molecule has 104 valence electrons. The van der Waals surface area contributed by atoms with E-state index in [0.717, 1.165) is 20.1 Å². The number of carbonyl (C=O) groups excluding carboxylic acids is 1. The molecular weight excluding hydrogens is 384 g/mol. The maximum atomic E-state index is 11.7. The van der Waals surface area contributed by atoms with Gasteiger partial charge in [-0.25, -0.2) is 4.79 Å². The van der Waals surface area contributed by atoms with E-state index in [9.17, 15) is 4.79 Å². The molecule has 2 aromatic carbocycles. The van der Waals surface area contributed by atoms with Crippen molar-refractivity contribution in [2.75, 3.05) is 0 Å². The first-order chi connectivity index (χ1) is 9.63. The first kappa shape index (κ1) is 15.1. The van der Waals surface area contributed by atoms with Crippen molar-refractivity contribution in [3.63, 3.8) is 0 Å². The third-order valence-corrected chi connectivity index (χ3v) is 3.73. The van der Waals surface area contributed by atoms with Crippen LogP contribution in [0, 0.1) is 0 Å². The molecule has 0 aliphatic carbocycles. The molecule has 0 heterocycles. The summed E-state index contributed by atoms with van der Waals surface area (Å²) < 4.78 is 2.03. The van der Waals surface area contributed by atoms with Crippen LogP contribution in [-0.2, 0) is 13.1 Å². The van der Waals surface area contributed by atoms with Crippen molar-refractivity contribution in [1.29, 1.82) is 0 Å². The lowest BCUT2D eigenvalue weighted by Crippen LogP contribution is -2.34. The molecule has 2 amide bonds. The quantitative estimate of drug-likeness (QED) is 0.796. The molecule has 0 saturated carbocycles. The molecule has 0 aliphatic heterocycles. The zero-order chi connectivity index (χ0) is 14.4. The van der Waals surface area contributed by atoms with Crippen molar-refractivity contribution in [3.05, 3.63) is 68.6 Å². The molecule has 0 bridgehead atoms. The average molecular weight is 398 g/mol. The van der Waals surface area contributed by atoms with Gasteiger partial charge in [-0.2, -0.15) is 0 Å². The molecule has 0 saturated heterocycles. The van der Waals surface area contributed by atoms with Crippen LogP contribution >= 0.6 is 31.9 Å². The van der Waals surface area contributed by atoms with Crippen LogP contribution in [0.4, 0.5) is 4.79 Å². The van der Waals surface area contributed by atoms with Gasteiger partial charge in [-0.15, -0.1) is 0 Å². The Bertz CT molecular complexity index is 585. The number of hydrogen-bond donors (Lipinski definition) is 2. The number of hydrogen-bond acceptors (Lipinski definition) is 1. The summed E-state index contributed by atoms with van der Waals surface area (Å²) in [6.45, 7) is 1.02. The van der Waals surface area contributed by atoms with E-state index in [1.807, 2.05) is 48.5 Å². The highest BCUT2D eigenvalue weighted by Gasteiger charge is 2.01. The molecule has 0 aromatic heterocycles. The molecular formula is C15H14Br2N2O. The van der Waals surface area contributed by atoms with E-state index in [-0.39, 0.29) is 6.03 Å². The molecule has 0 fully saturated rings. The highest BCUT2D eigenvalue weighted by Crippen LogP contribution is 2.11. The van der Waals surface area contributed by atoms with Gasteiger partial charge in [0.05, 0.1) is 0 Å². The largest absolute Gasteiger partial charge is 0.334 e. The third-order valence-electron chi connectivity index (χ3n) is 2.71. The minimum Gasteiger partial charge on any atom is -0.334 e. The normalized spacial score (nSPS) is 10.1. The SMILES string of the molecule is O=C(NCc1ccc(Br)cc1)NCc1cccc(Br)c1. The van der Waals surface area contributed by atoms with Gasteiger partial charge in [0, 0.05) is 22.0 Å². The number of rotatable bonds is 4. The van der Waals surface area contributed by atoms with Crippen molar-refractivity contribution in [1.82, 2.24) is 10.6 Å². The first-order valence-electron chi connectivity index (χ1n) is 6.14. The molecule has 0 spiro atoms. The molecule has 2 N–H and O–H groups in total. The number of amides is 2. The summed E-state index contributed by atoms with van der Waals surface area (Å²) in [5, 5.41) is 5.65. The lowest BCUT2D eigenvalue weighted by atomic mass is 10.2. The molecule has 2 rings (SSSR count). The molecule has 5 heteroatoms. The van der Waals surface area contributed by atoms with Crippen LogP contribution in [0.15, 0.2) is 57.5 Å². The zero-order valence-electron chi connectivity index (χ0n) is 10.7. The van der Waals surface area contributed by atoms with E-state index in [1.165, 1.54) is 0 Å². The van der Waals surface area contributed by atoms with Crippen LogP contribution in [0.1, 0.15) is 11.1 Å². The van der Waals surface area contributed by atoms with Gasteiger partial charge in [0.25, 0.3) is 0 Å². The Labute approximate surface area is 135 Å². The average Bonchev–Trinajstić information content (AvgIpc) is 2.45. The Kier molecular flexibility index (Phi) is 5.61. The highest BCUT2D eigenvalue weighted by molar-refractivity contribution is 9.10.